The molecule has 1 unspecified atom stereocenters. The lowest BCUT2D eigenvalue weighted by Crippen LogP contribution is -2.10. The molecule has 1 fully saturated rings. The van der Waals surface area contributed by atoms with Crippen molar-refractivity contribution in [3.63, 3.8) is 0 Å². The van der Waals surface area contributed by atoms with Gasteiger partial charge in [0, 0.05) is 5.75 Å². The highest BCUT2D eigenvalue weighted by atomic mass is 32.2. The molecule has 0 spiro atoms. The van der Waals surface area contributed by atoms with Gasteiger partial charge < -0.3 is 4.74 Å². The van der Waals surface area contributed by atoms with Gasteiger partial charge in [-0.2, -0.15) is 4.58 Å². The molecule has 0 bridgehead atoms. The van der Waals surface area contributed by atoms with E-state index in [0.717, 1.165) is 11.0 Å². The standard InChI is InChI=1S/C11H14NOS/c1-12(2)11-13-10(8-14-11)9-6-4-3-5-7-9/h3-7,10H,8H2,1-2H3/q+1. The van der Waals surface area contributed by atoms with Crippen molar-refractivity contribution in [1.29, 1.82) is 0 Å². The summed E-state index contributed by atoms with van der Waals surface area (Å²) >= 11 is 1.77. The lowest BCUT2D eigenvalue weighted by molar-refractivity contribution is -0.471. The van der Waals surface area contributed by atoms with Crippen LogP contribution in [0.3, 0.4) is 0 Å². The van der Waals surface area contributed by atoms with Gasteiger partial charge in [-0.15, -0.1) is 0 Å². The van der Waals surface area contributed by atoms with Crippen molar-refractivity contribution in [2.45, 2.75) is 6.10 Å². The molecular weight excluding hydrogens is 194 g/mol. The van der Waals surface area contributed by atoms with Crippen molar-refractivity contribution in [1.82, 2.24) is 0 Å². The number of hydrogen-bond donors (Lipinski definition) is 0. The average Bonchev–Trinajstić information content (AvgIpc) is 2.68. The van der Waals surface area contributed by atoms with Crippen LogP contribution in [0.15, 0.2) is 30.3 Å². The molecule has 1 atom stereocenters. The molecule has 0 aromatic heterocycles. The van der Waals surface area contributed by atoms with E-state index in [2.05, 4.69) is 24.3 Å². The van der Waals surface area contributed by atoms with Crippen molar-refractivity contribution in [3.05, 3.63) is 35.9 Å². The van der Waals surface area contributed by atoms with Crippen LogP contribution in [0.2, 0.25) is 0 Å². The molecular formula is C11H14NOS+. The van der Waals surface area contributed by atoms with Crippen LogP contribution in [-0.4, -0.2) is 29.7 Å². The van der Waals surface area contributed by atoms with E-state index < -0.39 is 0 Å². The summed E-state index contributed by atoms with van der Waals surface area (Å²) in [5, 5.41) is 1.01. The first-order valence-electron chi connectivity index (χ1n) is 4.66. The van der Waals surface area contributed by atoms with Crippen LogP contribution in [0.4, 0.5) is 0 Å². The number of hydrogen-bond acceptors (Lipinski definition) is 2. The SMILES string of the molecule is C[N+](C)=C1OC(c2ccccc2)CS1. The molecule has 1 aromatic rings. The molecule has 0 aliphatic carbocycles. The zero-order valence-electron chi connectivity index (χ0n) is 8.43. The predicted molar refractivity (Wildman–Crippen MR) is 59.8 cm³/mol. The molecule has 1 heterocycles. The van der Waals surface area contributed by atoms with Gasteiger partial charge in [-0.1, -0.05) is 30.3 Å². The minimum atomic E-state index is 0.221. The van der Waals surface area contributed by atoms with E-state index in [1.54, 1.807) is 11.8 Å². The van der Waals surface area contributed by atoms with Crippen LogP contribution < -0.4 is 0 Å². The third kappa shape index (κ3) is 1.93. The molecule has 0 amide bonds. The molecule has 0 N–H and O–H groups in total. The Bertz CT molecular complexity index is 344. The van der Waals surface area contributed by atoms with Crippen LogP contribution in [-0.2, 0) is 4.74 Å². The molecule has 2 rings (SSSR count). The highest BCUT2D eigenvalue weighted by molar-refractivity contribution is 8.13. The smallest absolute Gasteiger partial charge is 0.400 e. The fourth-order valence-corrected chi connectivity index (χ4v) is 2.40. The monoisotopic (exact) mass is 208 g/mol. The second-order valence-corrected chi connectivity index (χ2v) is 4.46. The fraction of sp³-hybridized carbons (Fsp3) is 0.364. The Labute approximate surface area is 88.6 Å². The van der Waals surface area contributed by atoms with Gasteiger partial charge in [0.05, 0.1) is 0 Å². The van der Waals surface area contributed by atoms with Crippen LogP contribution >= 0.6 is 11.8 Å². The number of ether oxygens (including phenoxy) is 1. The van der Waals surface area contributed by atoms with Crippen molar-refractivity contribution < 1.29 is 9.31 Å². The molecule has 3 heteroatoms. The minimum absolute atomic E-state index is 0.221. The van der Waals surface area contributed by atoms with Crippen LogP contribution in [0.5, 0.6) is 0 Å². The maximum absolute atomic E-state index is 5.81. The predicted octanol–water partition coefficient (Wildman–Crippen LogP) is 2.12. The van der Waals surface area contributed by atoms with E-state index in [1.165, 1.54) is 5.56 Å². The number of nitrogens with zero attached hydrogens (tertiary/aromatic N) is 1. The molecule has 2 nitrogen and oxygen atoms in total. The Kier molecular flexibility index (Phi) is 2.77. The van der Waals surface area contributed by atoms with E-state index in [4.69, 9.17) is 4.74 Å². The first kappa shape index (κ1) is 9.59. The molecule has 74 valence electrons. The van der Waals surface area contributed by atoms with Gasteiger partial charge in [-0.25, -0.2) is 0 Å². The number of rotatable bonds is 1. The van der Waals surface area contributed by atoms with E-state index in [-0.39, 0.29) is 6.10 Å². The van der Waals surface area contributed by atoms with Crippen LogP contribution in [0.1, 0.15) is 11.7 Å². The van der Waals surface area contributed by atoms with Crippen LogP contribution in [0.25, 0.3) is 0 Å². The van der Waals surface area contributed by atoms with E-state index in [1.807, 2.05) is 24.7 Å². The Hall–Kier alpha value is -0.960. The van der Waals surface area contributed by atoms with Crippen molar-refractivity contribution in [2.24, 2.45) is 0 Å². The third-order valence-corrected chi connectivity index (χ3v) is 3.32. The molecule has 1 aliphatic heterocycles. The minimum Gasteiger partial charge on any atom is -0.430 e. The van der Waals surface area contributed by atoms with E-state index in [9.17, 15) is 0 Å². The summed E-state index contributed by atoms with van der Waals surface area (Å²) in [5.74, 6) is 1.01. The summed E-state index contributed by atoms with van der Waals surface area (Å²) in [6, 6.07) is 10.4. The quantitative estimate of drug-likeness (QED) is 0.655. The molecule has 1 aliphatic rings. The summed E-state index contributed by atoms with van der Waals surface area (Å²) in [6.45, 7) is 0. The number of thioether (sulfide) groups is 1. The summed E-state index contributed by atoms with van der Waals surface area (Å²) in [6.07, 6.45) is 0.221. The number of benzene rings is 1. The second-order valence-electron chi connectivity index (χ2n) is 3.49. The lowest BCUT2D eigenvalue weighted by Gasteiger charge is -2.07. The Morgan fingerprint density at radius 3 is 2.57 bits per heavy atom. The maximum atomic E-state index is 5.81. The van der Waals surface area contributed by atoms with Gasteiger partial charge in [0.2, 0.25) is 0 Å². The summed E-state index contributed by atoms with van der Waals surface area (Å²) in [7, 11) is 4.02. The molecule has 14 heavy (non-hydrogen) atoms. The van der Waals surface area contributed by atoms with Gasteiger partial charge in [-0.05, 0) is 17.3 Å². The van der Waals surface area contributed by atoms with Gasteiger partial charge in [0.25, 0.3) is 0 Å². The topological polar surface area (TPSA) is 12.2 Å². The second kappa shape index (κ2) is 4.05. The molecule has 0 radical (unpaired) electrons. The summed E-state index contributed by atoms with van der Waals surface area (Å²) < 4.78 is 7.84. The average molecular weight is 208 g/mol. The highest BCUT2D eigenvalue weighted by Gasteiger charge is 2.28. The first-order valence-corrected chi connectivity index (χ1v) is 5.64. The van der Waals surface area contributed by atoms with Gasteiger partial charge in [0.15, 0.2) is 0 Å². The Morgan fingerprint density at radius 1 is 1.29 bits per heavy atom. The van der Waals surface area contributed by atoms with Gasteiger partial charge >= 0.3 is 5.23 Å². The van der Waals surface area contributed by atoms with Crippen molar-refractivity contribution in [2.75, 3.05) is 19.8 Å². The Morgan fingerprint density at radius 2 is 2.00 bits per heavy atom. The molecule has 1 saturated heterocycles. The highest BCUT2D eigenvalue weighted by Crippen LogP contribution is 2.31. The van der Waals surface area contributed by atoms with Crippen LogP contribution in [0, 0.1) is 0 Å². The largest absolute Gasteiger partial charge is 0.430 e. The summed E-state index contributed by atoms with van der Waals surface area (Å²) in [4.78, 5) is 0. The summed E-state index contributed by atoms with van der Waals surface area (Å²) in [5.41, 5.74) is 1.26. The van der Waals surface area contributed by atoms with Gasteiger partial charge in [-0.3, -0.25) is 0 Å². The normalized spacial score (nSPS) is 20.7. The lowest BCUT2D eigenvalue weighted by atomic mass is 10.1. The first-order chi connectivity index (χ1) is 6.77. The van der Waals surface area contributed by atoms with Crippen molar-refractivity contribution in [3.8, 4) is 0 Å². The Balaban J connectivity index is 2.14. The molecule has 1 aromatic carbocycles. The third-order valence-electron chi connectivity index (χ3n) is 2.14. The van der Waals surface area contributed by atoms with E-state index >= 15 is 0 Å². The maximum Gasteiger partial charge on any atom is 0.400 e. The molecule has 0 saturated carbocycles. The fourth-order valence-electron chi connectivity index (χ4n) is 1.40. The van der Waals surface area contributed by atoms with Gasteiger partial charge in [0.1, 0.15) is 20.2 Å². The van der Waals surface area contributed by atoms with E-state index in [0.29, 0.717) is 0 Å². The zero-order valence-corrected chi connectivity index (χ0v) is 9.25. The van der Waals surface area contributed by atoms with Crippen molar-refractivity contribution >= 4 is 17.0 Å². The zero-order chi connectivity index (χ0) is 9.97.